The van der Waals surface area contributed by atoms with Gasteiger partial charge in [-0.2, -0.15) is 0 Å². The second kappa shape index (κ2) is 5.19. The average molecular weight is 358 g/mol. The normalized spacial score (nSPS) is 12.4. The van der Waals surface area contributed by atoms with Gasteiger partial charge in [-0.25, -0.2) is 9.36 Å². The highest BCUT2D eigenvalue weighted by Gasteiger charge is 2.24. The predicted octanol–water partition coefficient (Wildman–Crippen LogP) is 5.68. The van der Waals surface area contributed by atoms with Gasteiger partial charge in [-0.05, 0) is 60.7 Å². The molecule has 0 unspecified atom stereocenters. The predicted molar refractivity (Wildman–Crippen MR) is 88.0 cm³/mol. The Hall–Kier alpha value is -0.810. The lowest BCUT2D eigenvalue weighted by molar-refractivity contribution is 0.0545. The van der Waals surface area contributed by atoms with E-state index >= 15 is 0 Å². The largest absolute Gasteiger partial charge is 0.443 e. The summed E-state index contributed by atoms with van der Waals surface area (Å²) in [6.07, 6.45) is 1.60. The van der Waals surface area contributed by atoms with Crippen molar-refractivity contribution < 1.29 is 9.53 Å². The number of thiophene rings is 1. The Morgan fingerprint density at radius 2 is 2.00 bits per heavy atom. The van der Waals surface area contributed by atoms with Gasteiger partial charge in [-0.3, -0.25) is 0 Å². The second-order valence-electron chi connectivity index (χ2n) is 6.27. The van der Waals surface area contributed by atoms with Crippen LogP contribution in [0.5, 0.6) is 0 Å². The highest BCUT2D eigenvalue weighted by Crippen LogP contribution is 2.40. The number of rotatable bonds is 1. The SMILES string of the molecule is Cc1c(Br)sc2c1c(C(C)C)cn2C(=O)OC(C)(C)C. The number of hydrogen-bond acceptors (Lipinski definition) is 3. The Bertz CT molecular complexity index is 661. The molecule has 2 heterocycles. The first-order valence-corrected chi connectivity index (χ1v) is 8.26. The molecule has 20 heavy (non-hydrogen) atoms. The second-order valence-corrected chi connectivity index (χ2v) is 8.59. The van der Waals surface area contributed by atoms with Crippen LogP contribution in [0.4, 0.5) is 4.79 Å². The Morgan fingerprint density at radius 3 is 2.50 bits per heavy atom. The zero-order valence-corrected chi connectivity index (χ0v) is 15.1. The number of carbonyl (C=O) groups is 1. The van der Waals surface area contributed by atoms with Crippen molar-refractivity contribution in [3.8, 4) is 0 Å². The van der Waals surface area contributed by atoms with E-state index in [1.54, 1.807) is 15.9 Å². The van der Waals surface area contributed by atoms with Crippen LogP contribution >= 0.6 is 27.3 Å². The van der Waals surface area contributed by atoms with Gasteiger partial charge in [-0.15, -0.1) is 11.3 Å². The van der Waals surface area contributed by atoms with Gasteiger partial charge in [-0.1, -0.05) is 13.8 Å². The van der Waals surface area contributed by atoms with Crippen molar-refractivity contribution in [2.24, 2.45) is 0 Å². The van der Waals surface area contributed by atoms with Crippen molar-refractivity contribution in [1.82, 2.24) is 4.57 Å². The van der Waals surface area contributed by atoms with Gasteiger partial charge in [0.05, 0.1) is 3.79 Å². The van der Waals surface area contributed by atoms with Crippen LogP contribution in [-0.4, -0.2) is 16.3 Å². The van der Waals surface area contributed by atoms with Crippen LogP contribution in [0.25, 0.3) is 10.2 Å². The highest BCUT2D eigenvalue weighted by atomic mass is 79.9. The van der Waals surface area contributed by atoms with Gasteiger partial charge in [0, 0.05) is 11.6 Å². The lowest BCUT2D eigenvalue weighted by Crippen LogP contribution is -2.26. The lowest BCUT2D eigenvalue weighted by Gasteiger charge is -2.19. The van der Waals surface area contributed by atoms with E-state index in [-0.39, 0.29) is 6.09 Å². The van der Waals surface area contributed by atoms with Gasteiger partial charge in [0.1, 0.15) is 10.4 Å². The van der Waals surface area contributed by atoms with Crippen molar-refractivity contribution in [3.63, 3.8) is 0 Å². The minimum Gasteiger partial charge on any atom is -0.443 e. The Kier molecular flexibility index (Phi) is 4.04. The molecule has 2 aromatic heterocycles. The fourth-order valence-corrected chi connectivity index (χ4v) is 3.81. The van der Waals surface area contributed by atoms with Crippen LogP contribution in [0.15, 0.2) is 9.98 Å². The molecule has 0 N–H and O–H groups in total. The molecule has 0 radical (unpaired) electrons. The molecule has 0 aliphatic carbocycles. The summed E-state index contributed by atoms with van der Waals surface area (Å²) in [5.74, 6) is 0.362. The number of carbonyl (C=O) groups excluding carboxylic acids is 1. The van der Waals surface area contributed by atoms with Gasteiger partial charge in [0.25, 0.3) is 0 Å². The Labute approximate surface area is 132 Å². The zero-order chi connectivity index (χ0) is 15.2. The third-order valence-electron chi connectivity index (χ3n) is 3.06. The maximum Gasteiger partial charge on any atom is 0.419 e. The van der Waals surface area contributed by atoms with Crippen molar-refractivity contribution in [2.75, 3.05) is 0 Å². The minimum absolute atomic E-state index is 0.317. The van der Waals surface area contributed by atoms with E-state index < -0.39 is 5.60 Å². The van der Waals surface area contributed by atoms with Crippen LogP contribution in [0.2, 0.25) is 0 Å². The molecule has 3 nitrogen and oxygen atoms in total. The molecule has 5 heteroatoms. The topological polar surface area (TPSA) is 31.2 Å². The summed E-state index contributed by atoms with van der Waals surface area (Å²) in [4.78, 5) is 13.3. The molecular weight excluding hydrogens is 338 g/mol. The summed E-state index contributed by atoms with van der Waals surface area (Å²) in [5, 5.41) is 1.17. The summed E-state index contributed by atoms with van der Waals surface area (Å²) in [6.45, 7) is 12.0. The van der Waals surface area contributed by atoms with Crippen molar-refractivity contribution in [2.45, 2.75) is 53.1 Å². The molecule has 0 spiro atoms. The average Bonchev–Trinajstić information content (AvgIpc) is 2.76. The Balaban J connectivity index is 2.60. The van der Waals surface area contributed by atoms with E-state index in [0.717, 1.165) is 8.62 Å². The fourth-order valence-electron chi connectivity index (χ4n) is 2.13. The maximum absolute atomic E-state index is 12.4. The van der Waals surface area contributed by atoms with E-state index in [2.05, 4.69) is 36.7 Å². The number of halogens is 1. The van der Waals surface area contributed by atoms with E-state index in [4.69, 9.17) is 4.74 Å². The molecule has 0 aliphatic rings. The summed E-state index contributed by atoms with van der Waals surface area (Å²) in [6, 6.07) is 0. The molecule has 0 fully saturated rings. The van der Waals surface area contributed by atoms with Crippen molar-refractivity contribution >= 4 is 43.6 Å². The zero-order valence-electron chi connectivity index (χ0n) is 12.7. The van der Waals surface area contributed by atoms with Crippen LogP contribution in [-0.2, 0) is 4.74 Å². The molecule has 0 bridgehead atoms. The molecule has 0 aliphatic heterocycles. The van der Waals surface area contributed by atoms with Crippen LogP contribution in [0, 0.1) is 6.92 Å². The molecule has 0 saturated heterocycles. The van der Waals surface area contributed by atoms with E-state index in [0.29, 0.717) is 5.92 Å². The molecule has 0 aromatic carbocycles. The number of nitrogens with zero attached hydrogens (tertiary/aromatic N) is 1. The molecule has 0 atom stereocenters. The van der Waals surface area contributed by atoms with Crippen molar-refractivity contribution in [1.29, 1.82) is 0 Å². The number of aryl methyl sites for hydroxylation is 1. The molecule has 2 aromatic rings. The number of aromatic nitrogens is 1. The summed E-state index contributed by atoms with van der Waals surface area (Å²) in [5.41, 5.74) is 1.89. The van der Waals surface area contributed by atoms with Crippen LogP contribution in [0.1, 0.15) is 51.7 Å². The van der Waals surface area contributed by atoms with Crippen LogP contribution < -0.4 is 0 Å². The first-order valence-electron chi connectivity index (χ1n) is 6.65. The van der Waals surface area contributed by atoms with Gasteiger partial charge < -0.3 is 4.74 Å². The number of ether oxygens (including phenoxy) is 1. The molecule has 110 valence electrons. The molecular formula is C15H20BrNO2S. The first-order chi connectivity index (χ1) is 9.11. The number of hydrogen-bond donors (Lipinski definition) is 0. The smallest absolute Gasteiger partial charge is 0.419 e. The van der Waals surface area contributed by atoms with E-state index in [1.807, 2.05) is 27.0 Å². The highest BCUT2D eigenvalue weighted by molar-refractivity contribution is 9.11. The summed E-state index contributed by atoms with van der Waals surface area (Å²) < 4.78 is 8.20. The lowest BCUT2D eigenvalue weighted by atomic mass is 10.0. The Morgan fingerprint density at radius 1 is 1.40 bits per heavy atom. The third-order valence-corrected chi connectivity index (χ3v) is 5.22. The van der Waals surface area contributed by atoms with E-state index in [9.17, 15) is 4.79 Å². The van der Waals surface area contributed by atoms with Gasteiger partial charge >= 0.3 is 6.09 Å². The van der Waals surface area contributed by atoms with Crippen LogP contribution in [0.3, 0.4) is 0 Å². The van der Waals surface area contributed by atoms with E-state index in [1.165, 1.54) is 16.5 Å². The quantitative estimate of drug-likeness (QED) is 0.657. The van der Waals surface area contributed by atoms with Crippen molar-refractivity contribution in [3.05, 3.63) is 21.1 Å². The molecule has 0 amide bonds. The standard InChI is InChI=1S/C15H20BrNO2S/c1-8(2)10-7-17(14(18)19-15(4,5)6)13-11(10)9(3)12(16)20-13/h7-8H,1-6H3. The molecule has 0 saturated carbocycles. The third kappa shape index (κ3) is 2.79. The number of fused-ring (bicyclic) bond motifs is 1. The fraction of sp³-hybridized carbons (Fsp3) is 0.533. The summed E-state index contributed by atoms with van der Waals surface area (Å²) >= 11 is 5.15. The van der Waals surface area contributed by atoms with Gasteiger partial charge in [0.15, 0.2) is 0 Å². The summed E-state index contributed by atoms with van der Waals surface area (Å²) in [7, 11) is 0. The van der Waals surface area contributed by atoms with Gasteiger partial charge in [0.2, 0.25) is 0 Å². The monoisotopic (exact) mass is 357 g/mol. The minimum atomic E-state index is -0.491. The molecule has 2 rings (SSSR count). The maximum atomic E-state index is 12.4. The first kappa shape index (κ1) is 15.6.